The average Bonchev–Trinajstić information content (AvgIpc) is 2.45. The van der Waals surface area contributed by atoms with Gasteiger partial charge in [-0.25, -0.2) is 0 Å². The van der Waals surface area contributed by atoms with Crippen LogP contribution in [-0.4, -0.2) is 5.91 Å². The highest BCUT2D eigenvalue weighted by molar-refractivity contribution is 5.95. The van der Waals surface area contributed by atoms with Crippen molar-refractivity contribution in [1.29, 1.82) is 0 Å². The smallest absolute Gasteiger partial charge is 0.255 e. The van der Waals surface area contributed by atoms with Gasteiger partial charge in [0.05, 0.1) is 11.4 Å². The molecule has 1 amide bonds. The third kappa shape index (κ3) is 4.26. The molecule has 0 aliphatic rings. The minimum atomic E-state index is -0.134. The van der Waals surface area contributed by atoms with Gasteiger partial charge >= 0.3 is 0 Å². The Labute approximate surface area is 121 Å². The van der Waals surface area contributed by atoms with E-state index in [1.165, 1.54) is 5.56 Å². The first-order valence-electron chi connectivity index (χ1n) is 7.03. The Hall–Kier alpha value is -2.03. The molecule has 0 heterocycles. The van der Waals surface area contributed by atoms with Crippen LogP contribution >= 0.6 is 0 Å². The third-order valence-corrected chi connectivity index (χ3v) is 3.12. The maximum Gasteiger partial charge on any atom is 0.255 e. The highest BCUT2D eigenvalue weighted by Gasteiger charge is 2.09. The standard InChI is InChI=1S/C17H24N2O/c1-5-7-16(15(18)6-2)19-17(20)14-10-8-13(9-11-14)12(3)4/h6-12H,5,18H2,1-4H3,(H,19,20)/b15-6+,16-7+. The van der Waals surface area contributed by atoms with Crippen molar-refractivity contribution in [2.24, 2.45) is 5.73 Å². The molecule has 1 rings (SSSR count). The molecular weight excluding hydrogens is 248 g/mol. The molecule has 0 saturated carbocycles. The molecule has 0 atom stereocenters. The number of nitrogens with two attached hydrogens (primary N) is 1. The first-order chi connectivity index (χ1) is 9.49. The molecule has 0 aliphatic heterocycles. The normalized spacial score (nSPS) is 12.7. The van der Waals surface area contributed by atoms with Gasteiger partial charge < -0.3 is 11.1 Å². The Morgan fingerprint density at radius 2 is 1.90 bits per heavy atom. The van der Waals surface area contributed by atoms with E-state index in [1.54, 1.807) is 6.08 Å². The number of benzene rings is 1. The van der Waals surface area contributed by atoms with Crippen molar-refractivity contribution in [2.45, 2.75) is 40.0 Å². The van der Waals surface area contributed by atoms with Crippen LogP contribution in [0.3, 0.4) is 0 Å². The van der Waals surface area contributed by atoms with Crippen LogP contribution in [0.1, 0.15) is 56.0 Å². The molecule has 20 heavy (non-hydrogen) atoms. The van der Waals surface area contributed by atoms with E-state index in [4.69, 9.17) is 5.73 Å². The molecule has 3 nitrogen and oxygen atoms in total. The van der Waals surface area contributed by atoms with E-state index in [-0.39, 0.29) is 5.91 Å². The zero-order valence-corrected chi connectivity index (χ0v) is 12.7. The molecule has 0 bridgehead atoms. The molecule has 0 fully saturated rings. The van der Waals surface area contributed by atoms with Crippen LogP contribution in [0, 0.1) is 0 Å². The molecule has 0 radical (unpaired) electrons. The summed E-state index contributed by atoms with van der Waals surface area (Å²) < 4.78 is 0. The van der Waals surface area contributed by atoms with Gasteiger partial charge in [0.1, 0.15) is 0 Å². The summed E-state index contributed by atoms with van der Waals surface area (Å²) in [5.41, 5.74) is 8.99. The Kier molecular flexibility index (Phi) is 6.04. The number of allylic oxidation sites excluding steroid dienone is 2. The van der Waals surface area contributed by atoms with E-state index >= 15 is 0 Å². The van der Waals surface area contributed by atoms with E-state index in [0.29, 0.717) is 22.9 Å². The van der Waals surface area contributed by atoms with Crippen molar-refractivity contribution in [3.63, 3.8) is 0 Å². The lowest BCUT2D eigenvalue weighted by atomic mass is 10.0. The summed E-state index contributed by atoms with van der Waals surface area (Å²) in [5.74, 6) is 0.325. The van der Waals surface area contributed by atoms with Crippen molar-refractivity contribution in [3.8, 4) is 0 Å². The van der Waals surface area contributed by atoms with Gasteiger partial charge in [0.2, 0.25) is 0 Å². The number of amides is 1. The first-order valence-corrected chi connectivity index (χ1v) is 7.03. The van der Waals surface area contributed by atoms with Gasteiger partial charge in [-0.1, -0.05) is 45.1 Å². The fourth-order valence-electron chi connectivity index (χ4n) is 1.81. The molecule has 0 unspecified atom stereocenters. The molecule has 0 spiro atoms. The number of carbonyl (C=O) groups is 1. The second-order valence-electron chi connectivity index (χ2n) is 5.00. The number of nitrogens with one attached hydrogen (secondary N) is 1. The van der Waals surface area contributed by atoms with Crippen molar-refractivity contribution in [3.05, 3.63) is 58.9 Å². The summed E-state index contributed by atoms with van der Waals surface area (Å²) in [6.07, 6.45) is 4.51. The second kappa shape index (κ2) is 7.53. The highest BCUT2D eigenvalue weighted by atomic mass is 16.1. The van der Waals surface area contributed by atoms with Crippen LogP contribution < -0.4 is 11.1 Å². The largest absolute Gasteiger partial charge is 0.397 e. The van der Waals surface area contributed by atoms with Crippen LogP contribution in [0.15, 0.2) is 47.8 Å². The lowest BCUT2D eigenvalue weighted by Crippen LogP contribution is -2.26. The van der Waals surface area contributed by atoms with Crippen LogP contribution in [0.25, 0.3) is 0 Å². The Bertz CT molecular complexity index is 510. The molecule has 1 aromatic carbocycles. The van der Waals surface area contributed by atoms with Gasteiger partial charge in [0, 0.05) is 5.56 Å². The van der Waals surface area contributed by atoms with Gasteiger partial charge in [-0.05, 0) is 37.0 Å². The molecule has 0 saturated heterocycles. The number of carbonyl (C=O) groups excluding carboxylic acids is 1. The summed E-state index contributed by atoms with van der Waals surface area (Å²) in [5, 5.41) is 2.86. The zero-order chi connectivity index (χ0) is 15.1. The van der Waals surface area contributed by atoms with E-state index in [2.05, 4.69) is 19.2 Å². The lowest BCUT2D eigenvalue weighted by Gasteiger charge is -2.11. The van der Waals surface area contributed by atoms with E-state index < -0.39 is 0 Å². The van der Waals surface area contributed by atoms with Gasteiger partial charge in [-0.15, -0.1) is 0 Å². The van der Waals surface area contributed by atoms with Crippen LogP contribution in [0.4, 0.5) is 0 Å². The highest BCUT2D eigenvalue weighted by Crippen LogP contribution is 2.15. The monoisotopic (exact) mass is 272 g/mol. The Morgan fingerprint density at radius 3 is 2.35 bits per heavy atom. The summed E-state index contributed by atoms with van der Waals surface area (Å²) in [6, 6.07) is 7.67. The average molecular weight is 272 g/mol. The quantitative estimate of drug-likeness (QED) is 0.803. The summed E-state index contributed by atoms with van der Waals surface area (Å²) in [7, 11) is 0. The van der Waals surface area contributed by atoms with Crippen molar-refractivity contribution in [2.75, 3.05) is 0 Å². The van der Waals surface area contributed by atoms with Gasteiger partial charge in [-0.2, -0.15) is 0 Å². The van der Waals surface area contributed by atoms with Crippen molar-refractivity contribution >= 4 is 5.91 Å². The second-order valence-corrected chi connectivity index (χ2v) is 5.00. The maximum absolute atomic E-state index is 12.2. The predicted molar refractivity (Wildman–Crippen MR) is 84.3 cm³/mol. The van der Waals surface area contributed by atoms with Crippen LogP contribution in [0.2, 0.25) is 0 Å². The molecule has 0 aliphatic carbocycles. The Balaban J connectivity index is 2.87. The Morgan fingerprint density at radius 1 is 1.30 bits per heavy atom. The summed E-state index contributed by atoms with van der Waals surface area (Å²) in [4.78, 5) is 12.2. The maximum atomic E-state index is 12.2. The summed E-state index contributed by atoms with van der Waals surface area (Å²) in [6.45, 7) is 8.11. The minimum Gasteiger partial charge on any atom is -0.397 e. The van der Waals surface area contributed by atoms with Gasteiger partial charge in [-0.3, -0.25) is 4.79 Å². The molecule has 3 N–H and O–H groups in total. The fraction of sp³-hybridized carbons (Fsp3) is 0.353. The SMILES string of the molecule is C/C=C(N)\C(=C/CC)NC(=O)c1ccc(C(C)C)cc1. The molecule has 3 heteroatoms. The van der Waals surface area contributed by atoms with Gasteiger partial charge in [0.25, 0.3) is 5.91 Å². The topological polar surface area (TPSA) is 55.1 Å². The zero-order valence-electron chi connectivity index (χ0n) is 12.7. The predicted octanol–water partition coefficient (Wildman–Crippen LogP) is 3.70. The van der Waals surface area contributed by atoms with Crippen molar-refractivity contribution < 1.29 is 4.79 Å². The lowest BCUT2D eigenvalue weighted by molar-refractivity contribution is 0.0966. The van der Waals surface area contributed by atoms with Crippen molar-refractivity contribution in [1.82, 2.24) is 5.32 Å². The van der Waals surface area contributed by atoms with Gasteiger partial charge in [0.15, 0.2) is 0 Å². The molecular formula is C17H24N2O. The van der Waals surface area contributed by atoms with E-state index in [0.717, 1.165) is 6.42 Å². The molecule has 1 aromatic rings. The number of rotatable bonds is 5. The summed E-state index contributed by atoms with van der Waals surface area (Å²) >= 11 is 0. The number of hydrogen-bond acceptors (Lipinski definition) is 2. The first kappa shape index (κ1) is 16.0. The van der Waals surface area contributed by atoms with E-state index in [1.807, 2.05) is 44.2 Å². The molecule has 108 valence electrons. The molecule has 0 aromatic heterocycles. The van der Waals surface area contributed by atoms with Crippen LogP contribution in [0.5, 0.6) is 0 Å². The van der Waals surface area contributed by atoms with Crippen LogP contribution in [-0.2, 0) is 0 Å². The fourth-order valence-corrected chi connectivity index (χ4v) is 1.81. The minimum absolute atomic E-state index is 0.134. The third-order valence-electron chi connectivity index (χ3n) is 3.12. The van der Waals surface area contributed by atoms with E-state index in [9.17, 15) is 4.79 Å². The number of hydrogen-bond donors (Lipinski definition) is 2.